The van der Waals surface area contributed by atoms with Crippen LogP contribution in [0.5, 0.6) is 0 Å². The van der Waals surface area contributed by atoms with E-state index >= 15 is 0 Å². The van der Waals surface area contributed by atoms with Gasteiger partial charge < -0.3 is 10.5 Å². The molecule has 2 N–H and O–H groups in total. The largest absolute Gasteiger partial charge is 0.383 e. The van der Waals surface area contributed by atoms with Crippen LogP contribution in [0.25, 0.3) is 11.3 Å². The van der Waals surface area contributed by atoms with Crippen molar-refractivity contribution in [2.24, 2.45) is 0 Å². The molecule has 3 rings (SSSR count). The quantitative estimate of drug-likeness (QED) is 0.886. The van der Waals surface area contributed by atoms with Crippen molar-refractivity contribution >= 4 is 21.7 Å². The van der Waals surface area contributed by atoms with Crippen LogP contribution >= 0.6 is 15.9 Å². The molecule has 1 atom stereocenters. The van der Waals surface area contributed by atoms with E-state index < -0.39 is 5.82 Å². The third kappa shape index (κ3) is 2.60. The molecule has 0 aliphatic carbocycles. The second-order valence-electron chi connectivity index (χ2n) is 5.17. The molecule has 1 saturated heterocycles. The van der Waals surface area contributed by atoms with E-state index in [2.05, 4.69) is 27.1 Å². The topological polar surface area (TPSA) is 76.9 Å². The van der Waals surface area contributed by atoms with E-state index in [9.17, 15) is 9.65 Å². The van der Waals surface area contributed by atoms with Crippen LogP contribution in [0, 0.1) is 17.1 Å². The lowest BCUT2D eigenvalue weighted by atomic mass is 10.1. The lowest BCUT2D eigenvalue weighted by molar-refractivity contribution is 0.0558. The highest BCUT2D eigenvalue weighted by Crippen LogP contribution is 2.32. The Kier molecular flexibility index (Phi) is 4.14. The minimum absolute atomic E-state index is 0.00916. The van der Waals surface area contributed by atoms with Crippen LogP contribution in [-0.4, -0.2) is 23.0 Å². The molecule has 1 aromatic carbocycles. The van der Waals surface area contributed by atoms with Gasteiger partial charge in [-0.05, 0) is 40.9 Å². The predicted octanol–water partition coefficient (Wildman–Crippen LogP) is 3.26. The summed E-state index contributed by atoms with van der Waals surface area (Å²) in [5.74, 6) is -0.105. The normalized spacial score (nSPS) is 18.1. The highest BCUT2D eigenvalue weighted by Gasteiger charge is 2.24. The average Bonchev–Trinajstić information content (AvgIpc) is 2.87. The van der Waals surface area contributed by atoms with E-state index in [1.807, 2.05) is 0 Å². The first-order valence-corrected chi connectivity index (χ1v) is 7.72. The number of rotatable bonds is 2. The molecule has 0 amide bonds. The van der Waals surface area contributed by atoms with Crippen molar-refractivity contribution < 1.29 is 9.13 Å². The van der Waals surface area contributed by atoms with Crippen molar-refractivity contribution in [1.82, 2.24) is 9.78 Å². The van der Waals surface area contributed by atoms with Gasteiger partial charge in [-0.25, -0.2) is 9.07 Å². The van der Waals surface area contributed by atoms with Crippen LogP contribution in [0.3, 0.4) is 0 Å². The Labute approximate surface area is 135 Å². The number of nitriles is 1. The average molecular weight is 365 g/mol. The minimum atomic E-state index is -0.407. The molecule has 0 saturated carbocycles. The summed E-state index contributed by atoms with van der Waals surface area (Å²) in [4.78, 5) is 0. The fourth-order valence-corrected chi connectivity index (χ4v) is 2.84. The summed E-state index contributed by atoms with van der Waals surface area (Å²) in [5, 5.41) is 13.8. The Morgan fingerprint density at radius 2 is 2.32 bits per heavy atom. The molecular formula is C15H14BrFN4O. The summed E-state index contributed by atoms with van der Waals surface area (Å²) >= 11 is 3.11. The number of hydrogen-bond donors (Lipinski definition) is 1. The number of anilines is 1. The van der Waals surface area contributed by atoms with Gasteiger partial charge >= 0.3 is 0 Å². The van der Waals surface area contributed by atoms with Crippen LogP contribution < -0.4 is 5.73 Å². The third-order valence-corrected chi connectivity index (χ3v) is 4.38. The van der Waals surface area contributed by atoms with Gasteiger partial charge in [-0.1, -0.05) is 6.07 Å². The maximum atomic E-state index is 13.7. The van der Waals surface area contributed by atoms with Gasteiger partial charge in [0, 0.05) is 12.2 Å². The Balaban J connectivity index is 2.07. The molecular weight excluding hydrogens is 351 g/mol. The Morgan fingerprint density at radius 3 is 2.95 bits per heavy atom. The SMILES string of the molecule is N#Cc1c(-c2ccc(Br)c(F)c2)nn(C2CCCOC2)c1N. The number of ether oxygens (including phenoxy) is 1. The molecule has 5 nitrogen and oxygen atoms in total. The highest BCUT2D eigenvalue weighted by atomic mass is 79.9. The van der Waals surface area contributed by atoms with Crippen LogP contribution in [0.2, 0.25) is 0 Å². The second kappa shape index (κ2) is 6.07. The Hall–Kier alpha value is -1.91. The monoisotopic (exact) mass is 364 g/mol. The van der Waals surface area contributed by atoms with Gasteiger partial charge in [0.2, 0.25) is 0 Å². The first-order valence-electron chi connectivity index (χ1n) is 6.93. The molecule has 1 aliphatic heterocycles. The number of nitrogens with zero attached hydrogens (tertiary/aromatic N) is 3. The van der Waals surface area contributed by atoms with Gasteiger partial charge in [0.1, 0.15) is 29.0 Å². The van der Waals surface area contributed by atoms with Crippen molar-refractivity contribution in [1.29, 1.82) is 5.26 Å². The van der Waals surface area contributed by atoms with Gasteiger partial charge in [0.15, 0.2) is 0 Å². The minimum Gasteiger partial charge on any atom is -0.383 e. The molecule has 0 bridgehead atoms. The zero-order chi connectivity index (χ0) is 15.7. The van der Waals surface area contributed by atoms with Crippen molar-refractivity contribution in [2.75, 3.05) is 18.9 Å². The highest BCUT2D eigenvalue weighted by molar-refractivity contribution is 9.10. The molecule has 1 aliphatic rings. The fourth-order valence-electron chi connectivity index (χ4n) is 2.60. The molecule has 2 heterocycles. The number of benzene rings is 1. The van der Waals surface area contributed by atoms with Gasteiger partial charge in [0.05, 0.1) is 17.1 Å². The van der Waals surface area contributed by atoms with E-state index in [0.29, 0.717) is 28.2 Å². The lowest BCUT2D eigenvalue weighted by Crippen LogP contribution is -2.23. The van der Waals surface area contributed by atoms with Crippen LogP contribution in [-0.2, 0) is 4.74 Å². The summed E-state index contributed by atoms with van der Waals surface area (Å²) in [6.45, 7) is 1.25. The third-order valence-electron chi connectivity index (χ3n) is 3.73. The number of nitrogen functional groups attached to an aromatic ring is 1. The molecule has 7 heteroatoms. The van der Waals surface area contributed by atoms with Crippen LogP contribution in [0.4, 0.5) is 10.2 Å². The summed E-state index contributed by atoms with van der Waals surface area (Å²) in [6, 6.07) is 6.72. The number of nitrogens with two attached hydrogens (primary N) is 1. The molecule has 1 aromatic heterocycles. The Morgan fingerprint density at radius 1 is 1.50 bits per heavy atom. The standard InChI is InChI=1S/C15H14BrFN4O/c16-12-4-3-9(6-13(12)17)14-11(7-18)15(19)21(20-14)10-2-1-5-22-8-10/h3-4,6,10H,1-2,5,8,19H2. The van der Waals surface area contributed by atoms with E-state index in [1.54, 1.807) is 16.8 Å². The van der Waals surface area contributed by atoms with Crippen molar-refractivity contribution in [3.05, 3.63) is 34.1 Å². The molecule has 1 fully saturated rings. The van der Waals surface area contributed by atoms with Crippen molar-refractivity contribution in [3.63, 3.8) is 0 Å². The van der Waals surface area contributed by atoms with Crippen LogP contribution in [0.1, 0.15) is 24.4 Å². The van der Waals surface area contributed by atoms with E-state index in [0.717, 1.165) is 19.4 Å². The molecule has 0 spiro atoms. The lowest BCUT2D eigenvalue weighted by Gasteiger charge is -2.23. The van der Waals surface area contributed by atoms with Gasteiger partial charge in [-0.3, -0.25) is 0 Å². The molecule has 22 heavy (non-hydrogen) atoms. The maximum absolute atomic E-state index is 13.7. The maximum Gasteiger partial charge on any atom is 0.140 e. The molecule has 1 unspecified atom stereocenters. The molecule has 0 radical (unpaired) electrons. The van der Waals surface area contributed by atoms with Gasteiger partial charge in [0.25, 0.3) is 0 Å². The second-order valence-corrected chi connectivity index (χ2v) is 6.02. The first kappa shape index (κ1) is 15.0. The van der Waals surface area contributed by atoms with E-state index in [-0.39, 0.29) is 11.6 Å². The van der Waals surface area contributed by atoms with Gasteiger partial charge in [-0.15, -0.1) is 0 Å². The molecule has 114 valence electrons. The van der Waals surface area contributed by atoms with Crippen molar-refractivity contribution in [2.45, 2.75) is 18.9 Å². The summed E-state index contributed by atoms with van der Waals surface area (Å²) in [5.41, 5.74) is 7.27. The summed E-state index contributed by atoms with van der Waals surface area (Å²) in [7, 11) is 0. The number of halogens is 2. The number of aromatic nitrogens is 2. The van der Waals surface area contributed by atoms with Crippen LogP contribution in [0.15, 0.2) is 22.7 Å². The Bertz CT molecular complexity index is 747. The van der Waals surface area contributed by atoms with Crippen molar-refractivity contribution in [3.8, 4) is 17.3 Å². The van der Waals surface area contributed by atoms with E-state index in [4.69, 9.17) is 10.5 Å². The van der Waals surface area contributed by atoms with Gasteiger partial charge in [-0.2, -0.15) is 10.4 Å². The molecule has 2 aromatic rings. The predicted molar refractivity (Wildman–Crippen MR) is 83.5 cm³/mol. The summed E-state index contributed by atoms with van der Waals surface area (Å²) < 4.78 is 21.2. The smallest absolute Gasteiger partial charge is 0.140 e. The summed E-state index contributed by atoms with van der Waals surface area (Å²) in [6.07, 6.45) is 1.82. The first-order chi connectivity index (χ1) is 10.6. The van der Waals surface area contributed by atoms with E-state index in [1.165, 1.54) is 6.07 Å². The zero-order valence-electron chi connectivity index (χ0n) is 11.7. The zero-order valence-corrected chi connectivity index (χ0v) is 13.3. The fraction of sp³-hybridized carbons (Fsp3) is 0.333. The number of hydrogen-bond acceptors (Lipinski definition) is 4.